The van der Waals surface area contributed by atoms with Crippen LogP contribution in [-0.4, -0.2) is 36.6 Å². The van der Waals surface area contributed by atoms with Crippen molar-refractivity contribution in [2.24, 2.45) is 0 Å². The Morgan fingerprint density at radius 3 is 2.67 bits per heavy atom. The van der Waals surface area contributed by atoms with Gasteiger partial charge in [-0.25, -0.2) is 4.79 Å². The van der Waals surface area contributed by atoms with Crippen molar-refractivity contribution in [1.29, 1.82) is 0 Å². The zero-order chi connectivity index (χ0) is 15.4. The maximum absolute atomic E-state index is 12.0. The highest BCUT2D eigenvalue weighted by Gasteiger charge is 2.19. The summed E-state index contributed by atoms with van der Waals surface area (Å²) < 4.78 is 0. The predicted octanol–water partition coefficient (Wildman–Crippen LogP) is 1.46. The van der Waals surface area contributed by atoms with E-state index in [0.29, 0.717) is 11.4 Å². The fourth-order valence-corrected chi connectivity index (χ4v) is 2.70. The highest BCUT2D eigenvalue weighted by atomic mass is 16.4. The number of nitrogens with zero attached hydrogens (tertiary/aromatic N) is 1. The lowest BCUT2D eigenvalue weighted by Crippen LogP contribution is -2.40. The molecule has 1 fully saturated rings. The maximum Gasteiger partial charge on any atom is 0.337 e. The van der Waals surface area contributed by atoms with Crippen LogP contribution in [0.15, 0.2) is 18.2 Å². The molecular weight excluding hydrogens is 270 g/mol. The zero-order valence-corrected chi connectivity index (χ0v) is 12.1. The number of carboxylic acid groups (broad SMARTS) is 1. The van der Waals surface area contributed by atoms with E-state index in [4.69, 9.17) is 5.73 Å². The van der Waals surface area contributed by atoms with Crippen LogP contribution in [0.25, 0.3) is 0 Å². The van der Waals surface area contributed by atoms with Gasteiger partial charge >= 0.3 is 5.97 Å². The third-order valence-corrected chi connectivity index (χ3v) is 3.76. The minimum Gasteiger partial charge on any atom is -0.478 e. The summed E-state index contributed by atoms with van der Waals surface area (Å²) in [5.41, 5.74) is 6.59. The first kappa shape index (κ1) is 15.2. The normalized spacial score (nSPS) is 14.9. The van der Waals surface area contributed by atoms with Gasteiger partial charge in [0.05, 0.1) is 17.8 Å². The van der Waals surface area contributed by atoms with E-state index >= 15 is 0 Å². The van der Waals surface area contributed by atoms with Gasteiger partial charge in [-0.05, 0) is 31.0 Å². The van der Waals surface area contributed by atoms with Crippen molar-refractivity contribution in [1.82, 2.24) is 5.32 Å². The molecule has 4 N–H and O–H groups in total. The van der Waals surface area contributed by atoms with Crippen molar-refractivity contribution in [3.63, 3.8) is 0 Å². The number of hydrogen-bond donors (Lipinski definition) is 3. The van der Waals surface area contributed by atoms with Gasteiger partial charge in [0.2, 0.25) is 5.91 Å². The fourth-order valence-electron chi connectivity index (χ4n) is 2.70. The van der Waals surface area contributed by atoms with Crippen molar-refractivity contribution in [3.05, 3.63) is 23.8 Å². The highest BCUT2D eigenvalue weighted by molar-refractivity contribution is 5.96. The van der Waals surface area contributed by atoms with Crippen molar-refractivity contribution in [3.8, 4) is 0 Å². The predicted molar refractivity (Wildman–Crippen MR) is 81.5 cm³/mol. The van der Waals surface area contributed by atoms with E-state index in [1.54, 1.807) is 24.1 Å². The second-order valence-corrected chi connectivity index (χ2v) is 5.49. The average molecular weight is 291 g/mol. The smallest absolute Gasteiger partial charge is 0.337 e. The summed E-state index contributed by atoms with van der Waals surface area (Å²) in [6.07, 6.45) is 4.36. The Balaban J connectivity index is 2.03. The lowest BCUT2D eigenvalue weighted by Gasteiger charge is -2.22. The number of rotatable bonds is 5. The van der Waals surface area contributed by atoms with E-state index in [-0.39, 0.29) is 24.1 Å². The van der Waals surface area contributed by atoms with E-state index in [0.717, 1.165) is 25.7 Å². The number of amides is 1. The van der Waals surface area contributed by atoms with Crippen molar-refractivity contribution < 1.29 is 14.7 Å². The Bertz CT molecular complexity index is 539. The van der Waals surface area contributed by atoms with Crippen molar-refractivity contribution in [2.75, 3.05) is 24.2 Å². The molecule has 0 bridgehead atoms. The van der Waals surface area contributed by atoms with Gasteiger partial charge in [0, 0.05) is 18.8 Å². The summed E-state index contributed by atoms with van der Waals surface area (Å²) in [5.74, 6) is -1.14. The van der Waals surface area contributed by atoms with E-state index in [1.165, 1.54) is 6.07 Å². The summed E-state index contributed by atoms with van der Waals surface area (Å²) in [6.45, 7) is 0.126. The average Bonchev–Trinajstić information content (AvgIpc) is 2.90. The van der Waals surface area contributed by atoms with Gasteiger partial charge in [-0.3, -0.25) is 4.79 Å². The molecule has 0 spiro atoms. The van der Waals surface area contributed by atoms with Crippen LogP contribution in [0.3, 0.4) is 0 Å². The second kappa shape index (κ2) is 6.47. The van der Waals surface area contributed by atoms with Gasteiger partial charge < -0.3 is 21.1 Å². The molecule has 0 heterocycles. The Morgan fingerprint density at radius 1 is 1.38 bits per heavy atom. The highest BCUT2D eigenvalue weighted by Crippen LogP contribution is 2.22. The van der Waals surface area contributed by atoms with Crippen LogP contribution < -0.4 is 16.0 Å². The minimum absolute atomic E-state index is 0.0856. The molecule has 0 aromatic heterocycles. The third-order valence-electron chi connectivity index (χ3n) is 3.76. The monoisotopic (exact) mass is 291 g/mol. The molecule has 114 valence electrons. The summed E-state index contributed by atoms with van der Waals surface area (Å²) in [5, 5.41) is 12.2. The van der Waals surface area contributed by atoms with E-state index in [2.05, 4.69) is 5.32 Å². The lowest BCUT2D eigenvalue weighted by atomic mass is 10.1. The summed E-state index contributed by atoms with van der Waals surface area (Å²) in [7, 11) is 1.70. The number of carbonyl (C=O) groups is 2. The molecule has 1 aliphatic rings. The van der Waals surface area contributed by atoms with Crippen LogP contribution in [-0.2, 0) is 4.79 Å². The molecule has 0 aliphatic heterocycles. The van der Waals surface area contributed by atoms with E-state index in [9.17, 15) is 14.7 Å². The maximum atomic E-state index is 12.0. The molecule has 1 aliphatic carbocycles. The molecule has 0 unspecified atom stereocenters. The molecule has 1 amide bonds. The Hall–Kier alpha value is -2.24. The molecule has 1 saturated carbocycles. The first-order valence-electron chi connectivity index (χ1n) is 7.10. The number of carbonyl (C=O) groups excluding carboxylic acids is 1. The van der Waals surface area contributed by atoms with Crippen molar-refractivity contribution >= 4 is 23.3 Å². The molecule has 1 aromatic rings. The number of nitrogens with two attached hydrogens (primary N) is 1. The number of nitrogens with one attached hydrogen (secondary N) is 1. The van der Waals surface area contributed by atoms with Crippen LogP contribution in [0.1, 0.15) is 36.0 Å². The molecule has 21 heavy (non-hydrogen) atoms. The summed E-state index contributed by atoms with van der Waals surface area (Å²) in [6, 6.07) is 4.92. The van der Waals surface area contributed by atoms with Crippen LogP contribution in [0.4, 0.5) is 11.4 Å². The Labute approximate surface area is 123 Å². The Morgan fingerprint density at radius 2 is 2.05 bits per heavy atom. The number of anilines is 2. The van der Waals surface area contributed by atoms with Crippen molar-refractivity contribution in [2.45, 2.75) is 31.7 Å². The first-order chi connectivity index (χ1) is 9.97. The quantitative estimate of drug-likeness (QED) is 0.714. The van der Waals surface area contributed by atoms with Gasteiger partial charge in [-0.2, -0.15) is 0 Å². The topological polar surface area (TPSA) is 95.7 Å². The van der Waals surface area contributed by atoms with Gasteiger partial charge in [0.25, 0.3) is 0 Å². The number of likely N-dealkylation sites (N-methyl/N-ethyl adjacent to an activating group) is 1. The Kier molecular flexibility index (Phi) is 4.67. The fraction of sp³-hybridized carbons (Fsp3) is 0.467. The largest absolute Gasteiger partial charge is 0.478 e. The minimum atomic E-state index is -1.06. The third kappa shape index (κ3) is 3.87. The number of hydrogen-bond acceptors (Lipinski definition) is 4. The number of benzene rings is 1. The molecule has 2 rings (SSSR count). The molecule has 0 atom stereocenters. The van der Waals surface area contributed by atoms with Crippen LogP contribution in [0.5, 0.6) is 0 Å². The molecule has 0 radical (unpaired) electrons. The molecule has 0 saturated heterocycles. The van der Waals surface area contributed by atoms with Crippen LogP contribution in [0, 0.1) is 0 Å². The summed E-state index contributed by atoms with van der Waals surface area (Å²) in [4.78, 5) is 24.9. The zero-order valence-electron chi connectivity index (χ0n) is 12.1. The van der Waals surface area contributed by atoms with Gasteiger partial charge in [-0.1, -0.05) is 12.8 Å². The van der Waals surface area contributed by atoms with Gasteiger partial charge in [0.15, 0.2) is 0 Å². The van der Waals surface area contributed by atoms with Crippen LogP contribution >= 0.6 is 0 Å². The molecule has 1 aromatic carbocycles. The lowest BCUT2D eigenvalue weighted by molar-refractivity contribution is -0.120. The molecule has 6 nitrogen and oxygen atoms in total. The van der Waals surface area contributed by atoms with Gasteiger partial charge in [0.1, 0.15) is 0 Å². The number of aromatic carboxylic acids is 1. The number of carboxylic acids is 1. The molecule has 6 heteroatoms. The SMILES string of the molecule is CN(CC(=O)NC1CCCC1)c1ccc(N)cc1C(=O)O. The summed E-state index contributed by atoms with van der Waals surface area (Å²) >= 11 is 0. The molecular formula is C15H21N3O3. The van der Waals surface area contributed by atoms with Crippen LogP contribution in [0.2, 0.25) is 0 Å². The van der Waals surface area contributed by atoms with E-state index < -0.39 is 5.97 Å². The number of nitrogen functional groups attached to an aromatic ring is 1. The standard InChI is InChI=1S/C15H21N3O3/c1-18(9-14(19)17-11-4-2-3-5-11)13-7-6-10(16)8-12(13)15(20)21/h6-8,11H,2-5,9,16H2,1H3,(H,17,19)(H,20,21). The first-order valence-corrected chi connectivity index (χ1v) is 7.10. The second-order valence-electron chi connectivity index (χ2n) is 5.49. The van der Waals surface area contributed by atoms with Gasteiger partial charge in [-0.15, -0.1) is 0 Å². The van der Waals surface area contributed by atoms with E-state index in [1.807, 2.05) is 0 Å².